The number of thiazole rings is 1. The minimum atomic E-state index is -0.361. The van der Waals surface area contributed by atoms with Crippen LogP contribution in [0.2, 0.25) is 0 Å². The van der Waals surface area contributed by atoms with Gasteiger partial charge in [0.25, 0.3) is 0 Å². The fourth-order valence-corrected chi connectivity index (χ4v) is 4.75. The molecule has 1 aromatic heterocycles. The Balaban J connectivity index is 1.41. The van der Waals surface area contributed by atoms with Crippen LogP contribution in [0.15, 0.2) is 5.38 Å². The molecule has 7 heteroatoms. The second-order valence-corrected chi connectivity index (χ2v) is 8.25. The van der Waals surface area contributed by atoms with Crippen molar-refractivity contribution in [2.45, 2.75) is 32.7 Å². The zero-order chi connectivity index (χ0) is 16.7. The number of amides is 2. The molecular formula is C17H23N3O3S. The molecule has 3 fully saturated rings. The minimum absolute atomic E-state index is 0.00857. The van der Waals surface area contributed by atoms with Gasteiger partial charge in [-0.05, 0) is 26.2 Å². The molecule has 6 nitrogen and oxygen atoms in total. The fraction of sp³-hybridized carbons (Fsp3) is 0.706. The molecule has 4 heterocycles. The van der Waals surface area contributed by atoms with Crippen molar-refractivity contribution in [3.63, 3.8) is 0 Å². The number of nitrogens with zero attached hydrogens (tertiary/aromatic N) is 3. The Morgan fingerprint density at radius 2 is 2.29 bits per heavy atom. The van der Waals surface area contributed by atoms with Gasteiger partial charge in [0.15, 0.2) is 0 Å². The molecule has 0 aliphatic carbocycles. The van der Waals surface area contributed by atoms with Crippen molar-refractivity contribution in [1.82, 2.24) is 14.8 Å². The van der Waals surface area contributed by atoms with Gasteiger partial charge < -0.3 is 14.5 Å². The van der Waals surface area contributed by atoms with Gasteiger partial charge in [0, 0.05) is 31.6 Å². The summed E-state index contributed by atoms with van der Waals surface area (Å²) in [6, 6.07) is 0. The first-order chi connectivity index (χ1) is 11.6. The minimum Gasteiger partial charge on any atom is -0.381 e. The summed E-state index contributed by atoms with van der Waals surface area (Å²) >= 11 is 1.62. The summed E-state index contributed by atoms with van der Waals surface area (Å²) in [5, 5.41) is 3.06. The van der Waals surface area contributed by atoms with E-state index in [-0.39, 0.29) is 23.1 Å². The number of carbonyl (C=O) groups excluding carboxylic acids is 2. The normalized spacial score (nSPS) is 30.0. The molecule has 0 bridgehead atoms. The number of aromatic nitrogens is 1. The summed E-state index contributed by atoms with van der Waals surface area (Å²) in [5.41, 5.74) is 0.608. The van der Waals surface area contributed by atoms with Crippen molar-refractivity contribution in [2.75, 3.05) is 32.8 Å². The predicted molar refractivity (Wildman–Crippen MR) is 89.4 cm³/mol. The highest BCUT2D eigenvalue weighted by Crippen LogP contribution is 2.41. The van der Waals surface area contributed by atoms with Gasteiger partial charge in [-0.2, -0.15) is 0 Å². The second kappa shape index (κ2) is 6.11. The summed E-state index contributed by atoms with van der Waals surface area (Å²) in [6.45, 7) is 5.83. The van der Waals surface area contributed by atoms with E-state index in [1.165, 1.54) is 0 Å². The van der Waals surface area contributed by atoms with E-state index in [0.29, 0.717) is 32.8 Å². The molecule has 2 amide bonds. The van der Waals surface area contributed by atoms with E-state index < -0.39 is 0 Å². The van der Waals surface area contributed by atoms with Crippen molar-refractivity contribution >= 4 is 23.2 Å². The first-order valence-corrected chi connectivity index (χ1v) is 9.52. The molecule has 3 aliphatic heterocycles. The molecule has 130 valence electrons. The predicted octanol–water partition coefficient (Wildman–Crippen LogP) is 1.44. The molecule has 1 aromatic rings. The van der Waals surface area contributed by atoms with Crippen LogP contribution in [0, 0.1) is 18.3 Å². The van der Waals surface area contributed by atoms with E-state index in [1.807, 2.05) is 22.1 Å². The molecule has 0 radical (unpaired) electrons. The summed E-state index contributed by atoms with van der Waals surface area (Å²) in [6.07, 6.45) is 2.45. The lowest BCUT2D eigenvalue weighted by Gasteiger charge is -2.24. The van der Waals surface area contributed by atoms with Gasteiger partial charge in [0.05, 0.1) is 35.2 Å². The van der Waals surface area contributed by atoms with Crippen molar-refractivity contribution in [3.8, 4) is 0 Å². The number of ether oxygens (including phenoxy) is 1. The molecule has 3 aliphatic rings. The summed E-state index contributed by atoms with van der Waals surface area (Å²) < 4.78 is 5.33. The SMILES string of the molecule is Cc1nc(CN2CC[C@@]3(CCN(C(=O)[C@H]4CCOC4)C3)C2=O)cs1. The third-order valence-corrected chi connectivity index (χ3v) is 6.39. The van der Waals surface area contributed by atoms with Crippen molar-refractivity contribution in [1.29, 1.82) is 0 Å². The molecule has 1 spiro atoms. The topological polar surface area (TPSA) is 62.7 Å². The third-order valence-electron chi connectivity index (χ3n) is 5.56. The number of rotatable bonds is 3. The first-order valence-electron chi connectivity index (χ1n) is 8.64. The number of likely N-dealkylation sites (tertiary alicyclic amines) is 2. The van der Waals surface area contributed by atoms with Crippen LogP contribution in [0.1, 0.15) is 30.0 Å². The van der Waals surface area contributed by atoms with Crippen LogP contribution in [-0.4, -0.2) is 59.4 Å². The second-order valence-electron chi connectivity index (χ2n) is 7.19. The maximum Gasteiger partial charge on any atom is 0.231 e. The Morgan fingerprint density at radius 3 is 3.00 bits per heavy atom. The summed E-state index contributed by atoms with van der Waals surface area (Å²) in [5.74, 6) is 0.364. The van der Waals surface area contributed by atoms with Gasteiger partial charge in [0.1, 0.15) is 0 Å². The van der Waals surface area contributed by atoms with Gasteiger partial charge >= 0.3 is 0 Å². The average molecular weight is 349 g/mol. The standard InChI is InChI=1S/C17H23N3O3S/c1-12-18-14(10-24-12)8-19-5-3-17(16(19)22)4-6-20(11-17)15(21)13-2-7-23-9-13/h10,13H,2-9,11H2,1H3/t13-,17-/m0/s1. The van der Waals surface area contributed by atoms with Crippen LogP contribution in [-0.2, 0) is 20.9 Å². The van der Waals surface area contributed by atoms with Crippen molar-refractivity contribution < 1.29 is 14.3 Å². The number of hydrogen-bond donors (Lipinski definition) is 0. The van der Waals surface area contributed by atoms with Crippen LogP contribution in [0.25, 0.3) is 0 Å². The highest BCUT2D eigenvalue weighted by atomic mass is 32.1. The quantitative estimate of drug-likeness (QED) is 0.828. The van der Waals surface area contributed by atoms with E-state index in [0.717, 1.165) is 36.5 Å². The van der Waals surface area contributed by atoms with Gasteiger partial charge in [-0.3, -0.25) is 9.59 Å². The van der Waals surface area contributed by atoms with Gasteiger partial charge in [0.2, 0.25) is 11.8 Å². The Bertz CT molecular complexity index is 655. The molecule has 0 saturated carbocycles. The van der Waals surface area contributed by atoms with Crippen LogP contribution in [0.3, 0.4) is 0 Å². The lowest BCUT2D eigenvalue weighted by Crippen LogP contribution is -2.40. The third kappa shape index (κ3) is 2.73. The average Bonchev–Trinajstić information content (AvgIpc) is 3.34. The summed E-state index contributed by atoms with van der Waals surface area (Å²) in [7, 11) is 0. The fourth-order valence-electron chi connectivity index (χ4n) is 4.15. The van der Waals surface area contributed by atoms with Gasteiger partial charge in [-0.25, -0.2) is 4.98 Å². The maximum absolute atomic E-state index is 13.0. The molecule has 3 saturated heterocycles. The van der Waals surface area contributed by atoms with Crippen LogP contribution in [0.5, 0.6) is 0 Å². The van der Waals surface area contributed by atoms with Crippen LogP contribution >= 0.6 is 11.3 Å². The highest BCUT2D eigenvalue weighted by Gasteiger charge is 2.52. The Morgan fingerprint density at radius 1 is 1.46 bits per heavy atom. The van der Waals surface area contributed by atoms with E-state index in [2.05, 4.69) is 4.98 Å². The van der Waals surface area contributed by atoms with E-state index in [9.17, 15) is 9.59 Å². The monoisotopic (exact) mass is 349 g/mol. The Hall–Kier alpha value is -1.47. The number of carbonyl (C=O) groups is 2. The first kappa shape index (κ1) is 16.0. The molecule has 2 atom stereocenters. The van der Waals surface area contributed by atoms with E-state index >= 15 is 0 Å². The van der Waals surface area contributed by atoms with Crippen molar-refractivity contribution in [2.24, 2.45) is 11.3 Å². The molecular weight excluding hydrogens is 326 g/mol. The molecule has 24 heavy (non-hydrogen) atoms. The molecule has 0 unspecified atom stereocenters. The van der Waals surface area contributed by atoms with Crippen LogP contribution in [0.4, 0.5) is 0 Å². The molecule has 4 rings (SSSR count). The zero-order valence-electron chi connectivity index (χ0n) is 14.0. The number of aryl methyl sites for hydroxylation is 1. The smallest absolute Gasteiger partial charge is 0.231 e. The Labute approximate surface area is 145 Å². The number of hydrogen-bond acceptors (Lipinski definition) is 5. The zero-order valence-corrected chi connectivity index (χ0v) is 14.8. The van der Waals surface area contributed by atoms with E-state index in [1.54, 1.807) is 11.3 Å². The van der Waals surface area contributed by atoms with E-state index in [4.69, 9.17) is 4.74 Å². The lowest BCUT2D eigenvalue weighted by atomic mass is 9.85. The Kier molecular flexibility index (Phi) is 4.08. The molecule has 0 aromatic carbocycles. The summed E-state index contributed by atoms with van der Waals surface area (Å²) in [4.78, 5) is 33.8. The lowest BCUT2D eigenvalue weighted by molar-refractivity contribution is -0.138. The van der Waals surface area contributed by atoms with Crippen LogP contribution < -0.4 is 0 Å². The van der Waals surface area contributed by atoms with Crippen molar-refractivity contribution in [3.05, 3.63) is 16.1 Å². The maximum atomic E-state index is 13.0. The van der Waals surface area contributed by atoms with Gasteiger partial charge in [-0.15, -0.1) is 11.3 Å². The highest BCUT2D eigenvalue weighted by molar-refractivity contribution is 7.09. The van der Waals surface area contributed by atoms with Gasteiger partial charge in [-0.1, -0.05) is 0 Å². The largest absolute Gasteiger partial charge is 0.381 e. The molecule has 0 N–H and O–H groups in total.